The molecule has 8 rings (SSSR count). The third-order valence-corrected chi connectivity index (χ3v) is 11.6. The highest BCUT2D eigenvalue weighted by Gasteiger charge is 2.30. The Morgan fingerprint density at radius 2 is 1.77 bits per heavy atom. The molecule has 0 unspecified atom stereocenters. The van der Waals surface area contributed by atoms with Gasteiger partial charge in [-0.25, -0.2) is 4.98 Å². The summed E-state index contributed by atoms with van der Waals surface area (Å²) in [6.45, 7) is 4.23. The van der Waals surface area contributed by atoms with Gasteiger partial charge in [0.05, 0.1) is 24.0 Å². The fourth-order valence-corrected chi connectivity index (χ4v) is 8.52. The summed E-state index contributed by atoms with van der Waals surface area (Å²) in [7, 11) is 0. The topological polar surface area (TPSA) is 191 Å². The van der Waals surface area contributed by atoms with Crippen LogP contribution in [0.3, 0.4) is 0 Å². The Kier molecular flexibility index (Phi) is 12.3. The van der Waals surface area contributed by atoms with E-state index >= 15 is 0 Å². The van der Waals surface area contributed by atoms with Crippen molar-refractivity contribution in [2.75, 3.05) is 19.6 Å². The average Bonchev–Trinajstić information content (AvgIpc) is 4.00. The molecule has 1 aliphatic carbocycles. The molecule has 61 heavy (non-hydrogen) atoms. The molecule has 1 fully saturated rings. The molecule has 4 N–H and O–H groups in total. The molecule has 13 nitrogen and oxygen atoms in total. The van der Waals surface area contributed by atoms with Gasteiger partial charge in [-0.1, -0.05) is 72.3 Å². The number of pyridine rings is 1. The van der Waals surface area contributed by atoms with Crippen molar-refractivity contribution in [1.82, 2.24) is 20.2 Å². The second-order valence-electron chi connectivity index (χ2n) is 15.6. The lowest BCUT2D eigenvalue weighted by Crippen LogP contribution is -2.28. The van der Waals surface area contributed by atoms with Gasteiger partial charge in [-0.05, 0) is 95.9 Å². The van der Waals surface area contributed by atoms with Crippen LogP contribution in [0.15, 0.2) is 89.3 Å². The van der Waals surface area contributed by atoms with Crippen LogP contribution >= 0.6 is 11.6 Å². The lowest BCUT2D eigenvalue weighted by molar-refractivity contribution is -0.141. The minimum Gasteiger partial charge on any atom is -0.481 e. The van der Waals surface area contributed by atoms with Gasteiger partial charge < -0.3 is 34.5 Å². The number of aliphatic hydroxyl groups excluding tert-OH is 1. The number of carboxylic acids is 2. The molecule has 0 saturated carbocycles. The Hall–Kier alpha value is -6.30. The number of carbonyl (C=O) groups is 2. The van der Waals surface area contributed by atoms with Crippen molar-refractivity contribution in [3.05, 3.63) is 129 Å². The summed E-state index contributed by atoms with van der Waals surface area (Å²) in [5.41, 5.74) is 9.81. The number of benzene rings is 4. The molecule has 0 bridgehead atoms. The van der Waals surface area contributed by atoms with Gasteiger partial charge in [-0.2, -0.15) is 10.2 Å². The summed E-state index contributed by atoms with van der Waals surface area (Å²) >= 11 is 6.82. The van der Waals surface area contributed by atoms with E-state index in [0.29, 0.717) is 66.5 Å². The summed E-state index contributed by atoms with van der Waals surface area (Å²) in [5, 5.41) is 42.0. The first-order valence-electron chi connectivity index (χ1n) is 20.2. The first-order valence-corrected chi connectivity index (χ1v) is 20.6. The zero-order chi connectivity index (χ0) is 42.6. The van der Waals surface area contributed by atoms with Crippen molar-refractivity contribution < 1.29 is 38.8 Å². The van der Waals surface area contributed by atoms with Gasteiger partial charge in [-0.3, -0.25) is 14.5 Å². The minimum absolute atomic E-state index is 0.0552. The number of nitriles is 1. The first-order chi connectivity index (χ1) is 29.5. The molecule has 4 aromatic carbocycles. The lowest BCUT2D eigenvalue weighted by atomic mass is 9.91. The molecule has 1 saturated heterocycles. The number of hydrogen-bond donors (Lipinski definition) is 4. The summed E-state index contributed by atoms with van der Waals surface area (Å²) in [6, 6.07) is 29.5. The number of carboxylic acid groups (broad SMARTS) is 2. The van der Waals surface area contributed by atoms with E-state index in [0.717, 1.165) is 50.9 Å². The van der Waals surface area contributed by atoms with Gasteiger partial charge in [0.1, 0.15) is 29.3 Å². The normalized spacial score (nSPS) is 16.6. The maximum absolute atomic E-state index is 11.5. The molecular weight excluding hydrogens is 798 g/mol. The summed E-state index contributed by atoms with van der Waals surface area (Å²) in [6.07, 6.45) is 0.251. The number of aliphatic carboxylic acids is 2. The SMILES string of the molecule is Cc1c(-c2nc3cc(CN4CC[C@H](C(=O)O)C4)cc(C#N)c3o2)cccc1-c1cccc2c1CC[C@@H]2Oc1nc(OCc2ccccc2)c(CNC[C@@H](O)CC(=O)O)cc1Cl. The summed E-state index contributed by atoms with van der Waals surface area (Å²) < 4.78 is 19.1. The van der Waals surface area contributed by atoms with Gasteiger partial charge in [-0.15, -0.1) is 0 Å². The number of ether oxygens (including phenoxy) is 2. The van der Waals surface area contributed by atoms with Gasteiger partial charge in [0.15, 0.2) is 5.58 Å². The predicted molar refractivity (Wildman–Crippen MR) is 227 cm³/mol. The number of likely N-dealkylation sites (tertiary alicyclic amines) is 1. The molecule has 3 heterocycles. The number of nitrogens with one attached hydrogen (secondary N) is 1. The van der Waals surface area contributed by atoms with E-state index in [1.807, 2.05) is 61.5 Å². The monoisotopic (exact) mass is 841 g/mol. The number of aliphatic hydroxyl groups is 1. The van der Waals surface area contributed by atoms with E-state index in [1.165, 1.54) is 0 Å². The quantitative estimate of drug-likeness (QED) is 0.0737. The molecule has 0 amide bonds. The average molecular weight is 842 g/mol. The van der Waals surface area contributed by atoms with Crippen LogP contribution in [0.4, 0.5) is 0 Å². The predicted octanol–water partition coefficient (Wildman–Crippen LogP) is 7.87. The lowest BCUT2D eigenvalue weighted by Gasteiger charge is -2.19. The molecule has 1 aliphatic heterocycles. The van der Waals surface area contributed by atoms with Gasteiger partial charge in [0.25, 0.3) is 0 Å². The molecule has 3 atom stereocenters. The highest BCUT2D eigenvalue weighted by atomic mass is 35.5. The summed E-state index contributed by atoms with van der Waals surface area (Å²) in [4.78, 5) is 34.2. The van der Waals surface area contributed by atoms with Crippen LogP contribution in [0.1, 0.15) is 64.3 Å². The zero-order valence-electron chi connectivity index (χ0n) is 33.4. The molecule has 2 aliphatic rings. The molecule has 14 heteroatoms. The second-order valence-corrected chi connectivity index (χ2v) is 16.0. The third kappa shape index (κ3) is 9.23. The number of aromatic nitrogens is 2. The Morgan fingerprint density at radius 1 is 0.984 bits per heavy atom. The molecule has 2 aromatic heterocycles. The number of oxazole rings is 1. The first kappa shape index (κ1) is 41.4. The maximum atomic E-state index is 11.5. The van der Waals surface area contributed by atoms with Crippen molar-refractivity contribution in [2.45, 2.75) is 64.5 Å². The number of rotatable bonds is 16. The highest BCUT2D eigenvalue weighted by molar-refractivity contribution is 6.31. The van der Waals surface area contributed by atoms with E-state index in [9.17, 15) is 25.1 Å². The number of hydrogen-bond acceptors (Lipinski definition) is 11. The molecule has 6 aromatic rings. The van der Waals surface area contributed by atoms with Crippen molar-refractivity contribution in [1.29, 1.82) is 5.26 Å². The van der Waals surface area contributed by atoms with Crippen molar-refractivity contribution in [2.24, 2.45) is 5.92 Å². The number of nitrogens with zero attached hydrogens (tertiary/aromatic N) is 4. The minimum atomic E-state index is -1.09. The number of fused-ring (bicyclic) bond motifs is 2. The Bertz CT molecular complexity index is 2640. The standard InChI is InChI=1S/C47H44ClN5O8/c1-27-34(9-5-10-35(27)45-51-40-18-29(17-31(21-49)43(40)61-45)24-53-16-15-30(25-53)47(57)58)36-11-6-12-38-37(36)13-14-41(38)60-46-39(48)19-32(22-50-23-33(54)20-42(55)56)44(52-46)59-26-28-7-3-2-4-8-28/h2-12,17-19,30,33,41,50,54H,13-16,20,22-26H2,1H3,(H,55,56)(H,57,58)/t30-,33-,41-/m0/s1. The van der Waals surface area contributed by atoms with Crippen LogP contribution in [0.2, 0.25) is 5.02 Å². The van der Waals surface area contributed by atoms with Crippen LogP contribution in [-0.4, -0.2) is 67.9 Å². The van der Waals surface area contributed by atoms with Crippen molar-refractivity contribution in [3.8, 4) is 40.4 Å². The van der Waals surface area contributed by atoms with Crippen LogP contribution in [0.5, 0.6) is 11.8 Å². The van der Waals surface area contributed by atoms with Gasteiger partial charge in [0.2, 0.25) is 17.7 Å². The second kappa shape index (κ2) is 18.1. The maximum Gasteiger partial charge on any atom is 0.307 e. The fourth-order valence-electron chi connectivity index (χ4n) is 8.30. The van der Waals surface area contributed by atoms with E-state index in [1.54, 1.807) is 12.1 Å². The fraction of sp³-hybridized carbons (Fsp3) is 0.298. The Balaban J connectivity index is 1.04. The van der Waals surface area contributed by atoms with Crippen LogP contribution in [0.25, 0.3) is 33.7 Å². The van der Waals surface area contributed by atoms with E-state index in [2.05, 4.69) is 34.5 Å². The Labute approximate surface area is 357 Å². The third-order valence-electron chi connectivity index (χ3n) is 11.3. The Morgan fingerprint density at radius 3 is 2.54 bits per heavy atom. The molecular formula is C47H44ClN5O8. The van der Waals surface area contributed by atoms with Crippen LogP contribution in [-0.2, 0) is 35.7 Å². The van der Waals surface area contributed by atoms with Crippen LogP contribution < -0.4 is 14.8 Å². The number of halogens is 1. The van der Waals surface area contributed by atoms with Crippen molar-refractivity contribution in [3.63, 3.8) is 0 Å². The van der Waals surface area contributed by atoms with E-state index in [4.69, 9.17) is 40.6 Å². The molecule has 312 valence electrons. The van der Waals surface area contributed by atoms with Crippen LogP contribution in [0, 0.1) is 24.2 Å². The molecule has 0 radical (unpaired) electrons. The smallest absolute Gasteiger partial charge is 0.307 e. The van der Waals surface area contributed by atoms with E-state index in [-0.39, 0.29) is 49.0 Å². The molecule has 0 spiro atoms. The summed E-state index contributed by atoms with van der Waals surface area (Å²) in [5.74, 6) is -1.32. The zero-order valence-corrected chi connectivity index (χ0v) is 34.2. The van der Waals surface area contributed by atoms with Crippen molar-refractivity contribution >= 4 is 34.6 Å². The van der Waals surface area contributed by atoms with Gasteiger partial charge >= 0.3 is 11.9 Å². The van der Waals surface area contributed by atoms with Gasteiger partial charge in [0, 0.05) is 37.3 Å². The largest absolute Gasteiger partial charge is 0.481 e. The van der Waals surface area contributed by atoms with E-state index < -0.39 is 18.0 Å². The highest BCUT2D eigenvalue weighted by Crippen LogP contribution is 2.43.